The van der Waals surface area contributed by atoms with Crippen LogP contribution in [0.15, 0.2) is 24.3 Å². The van der Waals surface area contributed by atoms with Crippen molar-refractivity contribution in [2.75, 3.05) is 20.8 Å². The third-order valence-corrected chi connectivity index (χ3v) is 3.48. The molecular weight excluding hydrogens is 266 g/mol. The molecule has 1 heterocycles. The molecule has 0 aliphatic heterocycles. The largest absolute Gasteiger partial charge is 0.497 e. The van der Waals surface area contributed by atoms with Gasteiger partial charge in [0.2, 0.25) is 5.88 Å². The molecule has 0 aliphatic carbocycles. The first-order valence-electron chi connectivity index (χ1n) is 7.24. The van der Waals surface area contributed by atoms with E-state index in [4.69, 9.17) is 20.3 Å². The summed E-state index contributed by atoms with van der Waals surface area (Å²) in [6.07, 6.45) is 2.67. The van der Waals surface area contributed by atoms with Crippen LogP contribution in [0.25, 0.3) is 5.69 Å². The average molecular weight is 289 g/mol. The summed E-state index contributed by atoms with van der Waals surface area (Å²) in [5, 5.41) is 4.69. The molecule has 0 unspecified atom stereocenters. The highest BCUT2D eigenvalue weighted by Crippen LogP contribution is 2.28. The van der Waals surface area contributed by atoms with Gasteiger partial charge in [-0.3, -0.25) is 0 Å². The zero-order valence-corrected chi connectivity index (χ0v) is 12.9. The zero-order valence-electron chi connectivity index (χ0n) is 12.9. The van der Waals surface area contributed by atoms with E-state index in [0.29, 0.717) is 6.54 Å². The van der Waals surface area contributed by atoms with Crippen LogP contribution in [0.3, 0.4) is 0 Å². The minimum absolute atomic E-state index is 0.663. The summed E-state index contributed by atoms with van der Waals surface area (Å²) < 4.78 is 12.7. The van der Waals surface area contributed by atoms with Gasteiger partial charge in [-0.1, -0.05) is 13.0 Å². The summed E-state index contributed by atoms with van der Waals surface area (Å²) in [6.45, 7) is 2.76. The van der Waals surface area contributed by atoms with Gasteiger partial charge in [0, 0.05) is 11.6 Å². The first kappa shape index (κ1) is 15.4. The Hall–Kier alpha value is -2.01. The van der Waals surface area contributed by atoms with E-state index >= 15 is 0 Å². The molecule has 5 heteroatoms. The monoisotopic (exact) mass is 289 g/mol. The molecule has 1 aromatic carbocycles. The zero-order chi connectivity index (χ0) is 15.2. The van der Waals surface area contributed by atoms with Crippen molar-refractivity contribution in [2.24, 2.45) is 5.73 Å². The van der Waals surface area contributed by atoms with Crippen LogP contribution in [0.4, 0.5) is 0 Å². The van der Waals surface area contributed by atoms with Crippen LogP contribution in [0.5, 0.6) is 11.6 Å². The third kappa shape index (κ3) is 3.19. The number of hydrogen-bond donors (Lipinski definition) is 1. The minimum atomic E-state index is 0.663. The lowest BCUT2D eigenvalue weighted by atomic mass is 10.1. The van der Waals surface area contributed by atoms with E-state index in [-0.39, 0.29) is 0 Å². The Kier molecular flexibility index (Phi) is 5.22. The molecule has 1 aromatic heterocycles. The summed E-state index contributed by atoms with van der Waals surface area (Å²) in [6, 6.07) is 7.79. The molecule has 2 N–H and O–H groups in total. The maximum absolute atomic E-state index is 5.63. The fourth-order valence-corrected chi connectivity index (χ4v) is 2.42. The fourth-order valence-electron chi connectivity index (χ4n) is 2.42. The van der Waals surface area contributed by atoms with Crippen LogP contribution in [-0.2, 0) is 12.8 Å². The second-order valence-electron chi connectivity index (χ2n) is 4.79. The van der Waals surface area contributed by atoms with Crippen LogP contribution >= 0.6 is 0 Å². The number of ether oxygens (including phenoxy) is 2. The molecule has 0 fully saturated rings. The van der Waals surface area contributed by atoms with Gasteiger partial charge in [-0.25, -0.2) is 4.68 Å². The van der Waals surface area contributed by atoms with Crippen LogP contribution in [0, 0.1) is 0 Å². The third-order valence-electron chi connectivity index (χ3n) is 3.48. The lowest BCUT2D eigenvalue weighted by Crippen LogP contribution is -2.03. The van der Waals surface area contributed by atoms with Gasteiger partial charge in [0.25, 0.3) is 0 Å². The van der Waals surface area contributed by atoms with E-state index < -0.39 is 0 Å². The lowest BCUT2D eigenvalue weighted by molar-refractivity contribution is 0.378. The molecule has 0 spiro atoms. The molecule has 0 saturated carbocycles. The van der Waals surface area contributed by atoms with Crippen molar-refractivity contribution in [3.05, 3.63) is 35.5 Å². The Bertz CT molecular complexity index is 593. The SMILES string of the molecule is CCc1nn(-c2cccc(OC)c2)c(OC)c1CCCN. The standard InChI is InChI=1S/C16H23N3O2/c1-4-15-14(9-6-10-17)16(21-3)19(18-15)12-7-5-8-13(11-12)20-2/h5,7-8,11H,4,6,9-10,17H2,1-3H3. The van der Waals surface area contributed by atoms with E-state index in [1.54, 1.807) is 14.2 Å². The van der Waals surface area contributed by atoms with Crippen molar-refractivity contribution in [2.45, 2.75) is 26.2 Å². The summed E-state index contributed by atoms with van der Waals surface area (Å²) in [7, 11) is 3.34. The molecule has 0 aliphatic rings. The van der Waals surface area contributed by atoms with Crippen LogP contribution in [0.1, 0.15) is 24.6 Å². The number of methoxy groups -OCH3 is 2. The highest BCUT2D eigenvalue weighted by molar-refractivity contribution is 5.45. The first-order chi connectivity index (χ1) is 10.2. The Morgan fingerprint density at radius 2 is 2.05 bits per heavy atom. The minimum Gasteiger partial charge on any atom is -0.497 e. The Balaban J connectivity index is 2.49. The lowest BCUT2D eigenvalue weighted by Gasteiger charge is -2.09. The smallest absolute Gasteiger partial charge is 0.219 e. The highest BCUT2D eigenvalue weighted by Gasteiger charge is 2.18. The molecule has 0 amide bonds. The van der Waals surface area contributed by atoms with Gasteiger partial charge < -0.3 is 15.2 Å². The second-order valence-corrected chi connectivity index (χ2v) is 4.79. The van der Waals surface area contributed by atoms with E-state index in [1.165, 1.54) is 0 Å². The van der Waals surface area contributed by atoms with E-state index in [2.05, 4.69) is 6.92 Å². The molecule has 2 aromatic rings. The van der Waals surface area contributed by atoms with E-state index in [9.17, 15) is 0 Å². The summed E-state index contributed by atoms with van der Waals surface area (Å²) >= 11 is 0. The normalized spacial score (nSPS) is 10.7. The molecule has 0 radical (unpaired) electrons. The van der Waals surface area contributed by atoms with Crippen LogP contribution in [0.2, 0.25) is 0 Å². The van der Waals surface area contributed by atoms with Gasteiger partial charge in [0.1, 0.15) is 5.75 Å². The Morgan fingerprint density at radius 1 is 1.24 bits per heavy atom. The van der Waals surface area contributed by atoms with Gasteiger partial charge in [-0.2, -0.15) is 5.10 Å². The number of aryl methyl sites for hydroxylation is 1. The molecule has 114 valence electrons. The molecule has 5 nitrogen and oxygen atoms in total. The van der Waals surface area contributed by atoms with Crippen LogP contribution in [-0.4, -0.2) is 30.5 Å². The average Bonchev–Trinajstić information content (AvgIpc) is 2.90. The van der Waals surface area contributed by atoms with Crippen molar-refractivity contribution in [3.63, 3.8) is 0 Å². The highest BCUT2D eigenvalue weighted by atomic mass is 16.5. The number of benzene rings is 1. The number of rotatable bonds is 7. The second kappa shape index (κ2) is 7.13. The molecule has 2 rings (SSSR count). The van der Waals surface area contributed by atoms with Gasteiger partial charge in [0.05, 0.1) is 25.6 Å². The summed E-state index contributed by atoms with van der Waals surface area (Å²) in [4.78, 5) is 0. The molecule has 0 atom stereocenters. The first-order valence-corrected chi connectivity index (χ1v) is 7.24. The summed E-state index contributed by atoms with van der Waals surface area (Å²) in [5.74, 6) is 1.58. The Morgan fingerprint density at radius 3 is 2.67 bits per heavy atom. The van der Waals surface area contributed by atoms with E-state index in [0.717, 1.165) is 47.8 Å². The van der Waals surface area contributed by atoms with Gasteiger partial charge in [-0.05, 0) is 37.9 Å². The maximum Gasteiger partial charge on any atom is 0.219 e. The predicted octanol–water partition coefficient (Wildman–Crippen LogP) is 2.34. The summed E-state index contributed by atoms with van der Waals surface area (Å²) in [5.41, 5.74) is 8.77. The number of aromatic nitrogens is 2. The van der Waals surface area contributed by atoms with Gasteiger partial charge in [0.15, 0.2) is 0 Å². The topological polar surface area (TPSA) is 62.3 Å². The van der Waals surface area contributed by atoms with Crippen LogP contribution < -0.4 is 15.2 Å². The van der Waals surface area contributed by atoms with Crippen molar-refractivity contribution < 1.29 is 9.47 Å². The Labute approximate surface area is 125 Å². The fraction of sp³-hybridized carbons (Fsp3) is 0.438. The molecular formula is C16H23N3O2. The molecule has 21 heavy (non-hydrogen) atoms. The quantitative estimate of drug-likeness (QED) is 0.850. The maximum atomic E-state index is 5.63. The predicted molar refractivity (Wildman–Crippen MR) is 83.4 cm³/mol. The van der Waals surface area contributed by atoms with Crippen molar-refractivity contribution in [1.29, 1.82) is 0 Å². The number of nitrogens with zero attached hydrogens (tertiary/aromatic N) is 2. The van der Waals surface area contributed by atoms with Crippen molar-refractivity contribution >= 4 is 0 Å². The van der Waals surface area contributed by atoms with Gasteiger partial charge >= 0.3 is 0 Å². The molecule has 0 bridgehead atoms. The van der Waals surface area contributed by atoms with Crippen molar-refractivity contribution in [3.8, 4) is 17.3 Å². The number of nitrogens with two attached hydrogens (primary N) is 1. The van der Waals surface area contributed by atoms with E-state index in [1.807, 2.05) is 28.9 Å². The van der Waals surface area contributed by atoms with Crippen molar-refractivity contribution in [1.82, 2.24) is 9.78 Å². The van der Waals surface area contributed by atoms with Gasteiger partial charge in [-0.15, -0.1) is 0 Å². The number of hydrogen-bond acceptors (Lipinski definition) is 4. The molecule has 0 saturated heterocycles.